The number of nitrogens with zero attached hydrogens (tertiary/aromatic N) is 1. The van der Waals surface area contributed by atoms with Crippen LogP contribution in [0.15, 0.2) is 4.79 Å². The molecule has 0 aliphatic carbocycles. The molecule has 74 valence electrons. The van der Waals surface area contributed by atoms with E-state index in [0.29, 0.717) is 13.2 Å². The maximum Gasteiger partial charge on any atom is 0.331 e. The Hall–Kier alpha value is -1.39. The van der Waals surface area contributed by atoms with Crippen molar-refractivity contribution in [2.75, 3.05) is 6.61 Å². The number of aromatic hydroxyl groups is 1. The van der Waals surface area contributed by atoms with Gasteiger partial charge in [-0.2, -0.15) is 0 Å². The van der Waals surface area contributed by atoms with Gasteiger partial charge in [-0.3, -0.25) is 9.55 Å². The summed E-state index contributed by atoms with van der Waals surface area (Å²) in [4.78, 5) is 13.5. The zero-order valence-corrected chi connectivity index (χ0v) is 7.83. The van der Waals surface area contributed by atoms with Crippen LogP contribution in [0.2, 0.25) is 0 Å². The van der Waals surface area contributed by atoms with Crippen LogP contribution >= 0.6 is 0 Å². The Kier molecular flexibility index (Phi) is 3.00. The molecule has 0 fully saturated rings. The van der Waals surface area contributed by atoms with Gasteiger partial charge in [-0.1, -0.05) is 6.92 Å². The Bertz CT molecular complexity index is 327. The topological polar surface area (TPSA) is 67.2 Å². The molecule has 2 N–H and O–H groups in total. The number of ether oxygens (including phenoxy) is 1. The van der Waals surface area contributed by atoms with E-state index in [9.17, 15) is 9.90 Å². The molecule has 0 aliphatic rings. The quantitative estimate of drug-likeness (QED) is 0.727. The zero-order chi connectivity index (χ0) is 9.84. The average Bonchev–Trinajstić information content (AvgIpc) is 2.33. The first-order chi connectivity index (χ1) is 6.20. The summed E-state index contributed by atoms with van der Waals surface area (Å²) in [5.41, 5.74) is -0.331. The van der Waals surface area contributed by atoms with Crippen molar-refractivity contribution < 1.29 is 9.84 Å². The van der Waals surface area contributed by atoms with Crippen molar-refractivity contribution in [1.82, 2.24) is 9.55 Å². The third-order valence-corrected chi connectivity index (χ3v) is 1.65. The van der Waals surface area contributed by atoms with Gasteiger partial charge in [0.25, 0.3) is 11.8 Å². The number of aromatic nitrogens is 2. The van der Waals surface area contributed by atoms with Crippen LogP contribution in [-0.2, 0) is 6.54 Å². The molecule has 0 spiro atoms. The van der Waals surface area contributed by atoms with Gasteiger partial charge >= 0.3 is 5.69 Å². The van der Waals surface area contributed by atoms with E-state index in [1.807, 2.05) is 6.92 Å². The van der Waals surface area contributed by atoms with Gasteiger partial charge in [-0.05, 0) is 13.3 Å². The minimum Gasteiger partial charge on any atom is -0.491 e. The lowest BCUT2D eigenvalue weighted by Gasteiger charge is -2.05. The van der Waals surface area contributed by atoms with Crippen LogP contribution in [0.25, 0.3) is 0 Å². The number of aromatic amines is 1. The fraction of sp³-hybridized carbons (Fsp3) is 0.625. The first-order valence-electron chi connectivity index (χ1n) is 4.35. The predicted molar refractivity (Wildman–Crippen MR) is 48.2 cm³/mol. The average molecular weight is 186 g/mol. The minimum atomic E-state index is -0.331. The molecule has 0 aromatic carbocycles. The summed E-state index contributed by atoms with van der Waals surface area (Å²) in [6, 6.07) is 0. The van der Waals surface area contributed by atoms with Gasteiger partial charge in [0.05, 0.1) is 6.61 Å². The lowest BCUT2D eigenvalue weighted by atomic mass is 10.5. The Morgan fingerprint density at radius 1 is 1.54 bits per heavy atom. The first kappa shape index (κ1) is 9.70. The molecule has 1 rings (SSSR count). The highest BCUT2D eigenvalue weighted by Crippen LogP contribution is 2.20. The Balaban J connectivity index is 3.05. The van der Waals surface area contributed by atoms with Crippen LogP contribution < -0.4 is 10.4 Å². The largest absolute Gasteiger partial charge is 0.491 e. The molecule has 1 aromatic heterocycles. The van der Waals surface area contributed by atoms with Crippen LogP contribution in [0.1, 0.15) is 20.3 Å². The van der Waals surface area contributed by atoms with Gasteiger partial charge in [0.2, 0.25) is 0 Å². The monoisotopic (exact) mass is 186 g/mol. The molecular weight excluding hydrogens is 172 g/mol. The van der Waals surface area contributed by atoms with Crippen molar-refractivity contribution in [3.63, 3.8) is 0 Å². The fourth-order valence-electron chi connectivity index (χ4n) is 1.15. The van der Waals surface area contributed by atoms with Crippen LogP contribution in [-0.4, -0.2) is 21.3 Å². The lowest BCUT2D eigenvalue weighted by molar-refractivity contribution is 0.288. The van der Waals surface area contributed by atoms with Gasteiger partial charge in [-0.25, -0.2) is 4.79 Å². The second-order valence-electron chi connectivity index (χ2n) is 2.67. The SMILES string of the molecule is CCCn1c(OCC)c(O)[nH]c1=O. The summed E-state index contributed by atoms with van der Waals surface area (Å²) >= 11 is 0. The molecule has 1 aromatic rings. The molecule has 5 heteroatoms. The maximum absolute atomic E-state index is 11.2. The van der Waals surface area contributed by atoms with E-state index < -0.39 is 0 Å². The summed E-state index contributed by atoms with van der Waals surface area (Å²) in [7, 11) is 0. The molecule has 5 nitrogen and oxygen atoms in total. The van der Waals surface area contributed by atoms with Gasteiger partial charge in [0.1, 0.15) is 0 Å². The number of hydrogen-bond donors (Lipinski definition) is 2. The molecule has 0 bridgehead atoms. The summed E-state index contributed by atoms with van der Waals surface area (Å²) < 4.78 is 6.51. The zero-order valence-electron chi connectivity index (χ0n) is 7.83. The standard InChI is InChI=1S/C8H14N2O3/c1-3-5-10-7(13-4-2)6(11)9-8(10)12/h11H,3-5H2,1-2H3,(H,9,12). The molecule has 0 unspecified atom stereocenters. The van der Waals surface area contributed by atoms with Crippen LogP contribution in [0.5, 0.6) is 11.8 Å². The van der Waals surface area contributed by atoms with Crippen LogP contribution in [0.3, 0.4) is 0 Å². The Morgan fingerprint density at radius 3 is 2.77 bits per heavy atom. The lowest BCUT2D eigenvalue weighted by Crippen LogP contribution is -2.17. The number of imidazole rings is 1. The minimum absolute atomic E-state index is 0.194. The van der Waals surface area contributed by atoms with Crippen molar-refractivity contribution in [3.8, 4) is 11.8 Å². The van der Waals surface area contributed by atoms with Crippen molar-refractivity contribution in [2.45, 2.75) is 26.8 Å². The molecule has 0 radical (unpaired) electrons. The van der Waals surface area contributed by atoms with E-state index in [4.69, 9.17) is 4.74 Å². The van der Waals surface area contributed by atoms with Gasteiger partial charge in [-0.15, -0.1) is 0 Å². The summed E-state index contributed by atoms with van der Waals surface area (Å²) in [6.07, 6.45) is 0.817. The Labute approximate surface area is 76.0 Å². The molecule has 0 saturated carbocycles. The van der Waals surface area contributed by atoms with Crippen molar-refractivity contribution >= 4 is 0 Å². The highest BCUT2D eigenvalue weighted by molar-refractivity contribution is 5.25. The molecule has 13 heavy (non-hydrogen) atoms. The van der Waals surface area contributed by atoms with Crippen molar-refractivity contribution in [2.24, 2.45) is 0 Å². The molecule has 0 amide bonds. The summed E-state index contributed by atoms with van der Waals surface area (Å²) in [5.74, 6) is 0.0367. The maximum atomic E-state index is 11.2. The smallest absolute Gasteiger partial charge is 0.331 e. The summed E-state index contributed by atoms with van der Waals surface area (Å²) in [6.45, 7) is 4.72. The van der Waals surface area contributed by atoms with E-state index in [0.717, 1.165) is 6.42 Å². The first-order valence-corrected chi connectivity index (χ1v) is 4.35. The van der Waals surface area contributed by atoms with E-state index in [2.05, 4.69) is 4.98 Å². The predicted octanol–water partition coefficient (Wildman–Crippen LogP) is 0.691. The Morgan fingerprint density at radius 2 is 2.23 bits per heavy atom. The number of H-pyrrole nitrogens is 1. The summed E-state index contributed by atoms with van der Waals surface area (Å²) in [5, 5.41) is 9.27. The molecule has 0 aliphatic heterocycles. The van der Waals surface area contributed by atoms with Gasteiger partial charge in [0.15, 0.2) is 0 Å². The van der Waals surface area contributed by atoms with E-state index in [1.54, 1.807) is 6.92 Å². The number of rotatable bonds is 4. The fourth-order valence-corrected chi connectivity index (χ4v) is 1.15. The molecular formula is C8H14N2O3. The van der Waals surface area contributed by atoms with Gasteiger partial charge in [0, 0.05) is 6.54 Å². The van der Waals surface area contributed by atoms with E-state index in [-0.39, 0.29) is 17.4 Å². The third-order valence-electron chi connectivity index (χ3n) is 1.65. The van der Waals surface area contributed by atoms with Crippen molar-refractivity contribution in [3.05, 3.63) is 10.5 Å². The van der Waals surface area contributed by atoms with E-state index in [1.165, 1.54) is 4.57 Å². The third kappa shape index (κ3) is 1.85. The van der Waals surface area contributed by atoms with Crippen LogP contribution in [0.4, 0.5) is 0 Å². The van der Waals surface area contributed by atoms with E-state index >= 15 is 0 Å². The second kappa shape index (κ2) is 4.02. The highest BCUT2D eigenvalue weighted by Gasteiger charge is 2.12. The second-order valence-corrected chi connectivity index (χ2v) is 2.67. The molecule has 1 heterocycles. The van der Waals surface area contributed by atoms with Crippen molar-refractivity contribution in [1.29, 1.82) is 0 Å². The normalized spacial score (nSPS) is 10.3. The number of nitrogens with one attached hydrogen (secondary N) is 1. The highest BCUT2D eigenvalue weighted by atomic mass is 16.5. The molecule has 0 atom stereocenters. The van der Waals surface area contributed by atoms with Gasteiger partial charge < -0.3 is 9.84 Å². The number of hydrogen-bond acceptors (Lipinski definition) is 3. The molecule has 0 saturated heterocycles. The van der Waals surface area contributed by atoms with Crippen LogP contribution in [0, 0.1) is 0 Å².